The first-order chi connectivity index (χ1) is 8.90. The van der Waals surface area contributed by atoms with Crippen LogP contribution in [0, 0.1) is 0 Å². The predicted molar refractivity (Wildman–Crippen MR) is 75.3 cm³/mol. The number of carbonyl (C=O) groups excluding carboxylic acids is 1. The monoisotopic (exact) mass is 234 g/mol. The maximum Gasteiger partial charge on any atom is 0.150 e. The van der Waals surface area contributed by atoms with E-state index in [-0.39, 0.29) is 0 Å². The lowest BCUT2D eigenvalue weighted by Crippen LogP contribution is -1.97. The van der Waals surface area contributed by atoms with Crippen LogP contribution in [0.5, 0.6) is 0 Å². The third-order valence-corrected chi connectivity index (χ3v) is 3.43. The maximum absolute atomic E-state index is 11.3. The molecule has 2 aliphatic carbocycles. The van der Waals surface area contributed by atoms with E-state index in [1.54, 1.807) is 0 Å². The molecule has 1 aromatic rings. The van der Waals surface area contributed by atoms with Crippen LogP contribution in [0.2, 0.25) is 0 Å². The highest BCUT2D eigenvalue weighted by molar-refractivity contribution is 5.93. The van der Waals surface area contributed by atoms with E-state index < -0.39 is 0 Å². The van der Waals surface area contributed by atoms with E-state index in [9.17, 15) is 4.79 Å². The van der Waals surface area contributed by atoms with Gasteiger partial charge in [0.05, 0.1) is 0 Å². The molecule has 0 N–H and O–H groups in total. The average molecular weight is 234 g/mol. The molecule has 0 saturated heterocycles. The summed E-state index contributed by atoms with van der Waals surface area (Å²) < 4.78 is 0. The molecule has 0 amide bonds. The second-order valence-electron chi connectivity index (χ2n) is 4.54. The first-order valence-electron chi connectivity index (χ1n) is 6.20. The Hall–Kier alpha value is -2.15. The summed E-state index contributed by atoms with van der Waals surface area (Å²) in [5.74, 6) is 0. The Bertz CT molecular complexity index is 612. The van der Waals surface area contributed by atoms with Crippen LogP contribution in [0.1, 0.15) is 34.3 Å². The smallest absolute Gasteiger partial charge is 0.150 e. The Morgan fingerprint density at radius 3 is 2.28 bits per heavy atom. The molecule has 0 heterocycles. The van der Waals surface area contributed by atoms with Crippen LogP contribution < -0.4 is 0 Å². The molecule has 0 saturated carbocycles. The summed E-state index contributed by atoms with van der Waals surface area (Å²) in [5, 5.41) is 0. The van der Waals surface area contributed by atoms with Crippen molar-refractivity contribution in [2.75, 3.05) is 0 Å². The van der Waals surface area contributed by atoms with Gasteiger partial charge in [-0.3, -0.25) is 4.79 Å². The largest absolute Gasteiger partial charge is 0.298 e. The molecule has 0 atom stereocenters. The van der Waals surface area contributed by atoms with Crippen LogP contribution in [-0.4, -0.2) is 6.29 Å². The van der Waals surface area contributed by atoms with Crippen LogP contribution in [-0.2, 0) is 0 Å². The van der Waals surface area contributed by atoms with E-state index >= 15 is 0 Å². The van der Waals surface area contributed by atoms with E-state index in [1.807, 2.05) is 12.1 Å². The first-order valence-corrected chi connectivity index (χ1v) is 6.20. The molecule has 88 valence electrons. The van der Waals surface area contributed by atoms with E-state index in [4.69, 9.17) is 0 Å². The van der Waals surface area contributed by atoms with Crippen LogP contribution >= 0.6 is 0 Å². The molecule has 0 aromatic heterocycles. The van der Waals surface area contributed by atoms with Crippen molar-refractivity contribution in [3.8, 4) is 0 Å². The predicted octanol–water partition coefficient (Wildman–Crippen LogP) is 4.19. The van der Waals surface area contributed by atoms with Crippen molar-refractivity contribution in [1.29, 1.82) is 0 Å². The molecule has 1 aromatic carbocycles. The van der Waals surface area contributed by atoms with Crippen LogP contribution in [0.3, 0.4) is 0 Å². The topological polar surface area (TPSA) is 17.1 Å². The third kappa shape index (κ3) is 1.78. The summed E-state index contributed by atoms with van der Waals surface area (Å²) in [6, 6.07) is 5.97. The number of rotatable bonds is 3. The summed E-state index contributed by atoms with van der Waals surface area (Å²) in [5.41, 5.74) is 5.62. The Labute approximate surface area is 107 Å². The summed E-state index contributed by atoms with van der Waals surface area (Å²) in [6.45, 7) is 0. The second-order valence-corrected chi connectivity index (χ2v) is 4.54. The lowest BCUT2D eigenvalue weighted by atomic mass is 9.90. The number of aldehydes is 1. The summed E-state index contributed by atoms with van der Waals surface area (Å²) in [6.07, 6.45) is 15.5. The fourth-order valence-electron chi connectivity index (χ4n) is 2.57. The third-order valence-electron chi connectivity index (χ3n) is 3.43. The Kier molecular flexibility index (Phi) is 2.81. The molecule has 1 nitrogen and oxygen atoms in total. The molecule has 0 unspecified atom stereocenters. The molecular weight excluding hydrogens is 220 g/mol. The van der Waals surface area contributed by atoms with Crippen molar-refractivity contribution in [2.24, 2.45) is 0 Å². The normalized spacial score (nSPS) is 16.9. The molecule has 0 spiro atoms. The highest BCUT2D eigenvalue weighted by Gasteiger charge is 2.16. The number of benzene rings is 1. The van der Waals surface area contributed by atoms with Gasteiger partial charge in [0, 0.05) is 5.56 Å². The molecule has 0 fully saturated rings. The highest BCUT2D eigenvalue weighted by atomic mass is 16.1. The van der Waals surface area contributed by atoms with E-state index in [1.165, 1.54) is 16.7 Å². The molecule has 0 aliphatic heterocycles. The van der Waals surface area contributed by atoms with Gasteiger partial charge in [0.2, 0.25) is 0 Å². The van der Waals surface area contributed by atoms with Gasteiger partial charge in [0.25, 0.3) is 0 Å². The van der Waals surface area contributed by atoms with Gasteiger partial charge in [0.1, 0.15) is 0 Å². The van der Waals surface area contributed by atoms with Crippen molar-refractivity contribution in [2.45, 2.75) is 12.8 Å². The molecule has 18 heavy (non-hydrogen) atoms. The van der Waals surface area contributed by atoms with Gasteiger partial charge in [0.15, 0.2) is 6.29 Å². The Morgan fingerprint density at radius 1 is 0.944 bits per heavy atom. The van der Waals surface area contributed by atoms with Gasteiger partial charge in [-0.2, -0.15) is 0 Å². The van der Waals surface area contributed by atoms with Crippen molar-refractivity contribution in [3.05, 3.63) is 71.3 Å². The number of hydrogen-bond acceptors (Lipinski definition) is 1. The number of allylic oxidation sites excluding steroid dienone is 8. The minimum atomic E-state index is 0.787. The zero-order valence-electron chi connectivity index (χ0n) is 10.1. The fourth-order valence-corrected chi connectivity index (χ4v) is 2.57. The zero-order chi connectivity index (χ0) is 12.4. The van der Waals surface area contributed by atoms with Crippen LogP contribution in [0.4, 0.5) is 0 Å². The van der Waals surface area contributed by atoms with Gasteiger partial charge in [-0.15, -0.1) is 0 Å². The molecular formula is C17H14O. The van der Waals surface area contributed by atoms with E-state index in [0.717, 1.165) is 30.3 Å². The van der Waals surface area contributed by atoms with Crippen LogP contribution in [0.15, 0.2) is 54.7 Å². The summed E-state index contributed by atoms with van der Waals surface area (Å²) in [4.78, 5) is 11.3. The van der Waals surface area contributed by atoms with Crippen molar-refractivity contribution >= 4 is 17.4 Å². The zero-order valence-corrected chi connectivity index (χ0v) is 10.1. The van der Waals surface area contributed by atoms with Gasteiger partial charge >= 0.3 is 0 Å². The van der Waals surface area contributed by atoms with Gasteiger partial charge < -0.3 is 0 Å². The number of hydrogen-bond donors (Lipinski definition) is 0. The molecule has 0 bridgehead atoms. The summed E-state index contributed by atoms with van der Waals surface area (Å²) >= 11 is 0. The van der Waals surface area contributed by atoms with Gasteiger partial charge in [-0.1, -0.05) is 54.7 Å². The Balaban J connectivity index is 2.16. The molecule has 2 aliphatic rings. The van der Waals surface area contributed by atoms with Crippen molar-refractivity contribution in [3.63, 3.8) is 0 Å². The van der Waals surface area contributed by atoms with E-state index in [0.29, 0.717) is 0 Å². The van der Waals surface area contributed by atoms with Crippen molar-refractivity contribution in [1.82, 2.24) is 0 Å². The minimum Gasteiger partial charge on any atom is -0.298 e. The standard InChI is InChI=1S/C17H14O/c18-12-15-10-5-11-16(13-6-1-2-7-13)17(15)14-8-3-4-9-14/h1-6,8,10-12H,7,9H2. The van der Waals surface area contributed by atoms with E-state index in [2.05, 4.69) is 42.5 Å². The van der Waals surface area contributed by atoms with Crippen molar-refractivity contribution < 1.29 is 4.79 Å². The van der Waals surface area contributed by atoms with Crippen LogP contribution in [0.25, 0.3) is 11.1 Å². The number of carbonyl (C=O) groups is 1. The first kappa shape index (κ1) is 11.0. The second kappa shape index (κ2) is 4.61. The molecule has 0 radical (unpaired) electrons. The molecule has 3 rings (SSSR count). The Morgan fingerprint density at radius 2 is 1.67 bits per heavy atom. The maximum atomic E-state index is 11.3. The SMILES string of the molecule is O=Cc1cccc(C2=CC=CC2)c1C1=CC=CC1. The van der Waals surface area contributed by atoms with Gasteiger partial charge in [-0.05, 0) is 35.1 Å². The minimum absolute atomic E-state index is 0.787. The lowest BCUT2D eigenvalue weighted by molar-refractivity contribution is 0.112. The fraction of sp³-hybridized carbons (Fsp3) is 0.118. The summed E-state index contributed by atoms with van der Waals surface area (Å²) in [7, 11) is 0. The quantitative estimate of drug-likeness (QED) is 0.717. The lowest BCUT2D eigenvalue weighted by Gasteiger charge is -2.14. The van der Waals surface area contributed by atoms with Gasteiger partial charge in [-0.25, -0.2) is 0 Å². The average Bonchev–Trinajstić information content (AvgIpc) is 3.10. The molecule has 1 heteroatoms. The highest BCUT2D eigenvalue weighted by Crippen LogP contribution is 2.35.